The van der Waals surface area contributed by atoms with Gasteiger partial charge in [-0.3, -0.25) is 14.4 Å². The zero-order chi connectivity index (χ0) is 24.2. The van der Waals surface area contributed by atoms with Crippen molar-refractivity contribution in [3.05, 3.63) is 71.8 Å². The van der Waals surface area contributed by atoms with Crippen molar-refractivity contribution >= 4 is 11.6 Å². The van der Waals surface area contributed by atoms with Gasteiger partial charge in [0.1, 0.15) is 5.82 Å². The first-order valence-corrected chi connectivity index (χ1v) is 12.9. The van der Waals surface area contributed by atoms with E-state index in [0.29, 0.717) is 17.5 Å². The van der Waals surface area contributed by atoms with Crippen LogP contribution in [0.5, 0.6) is 0 Å². The lowest BCUT2D eigenvalue weighted by atomic mass is 9.80. The third-order valence-corrected chi connectivity index (χ3v) is 8.62. The predicted octanol–water partition coefficient (Wildman–Crippen LogP) is 5.30. The van der Waals surface area contributed by atoms with Gasteiger partial charge in [0.2, 0.25) is 5.91 Å². The van der Waals surface area contributed by atoms with Crippen LogP contribution < -0.4 is 4.90 Å². The Morgan fingerprint density at radius 3 is 2.71 bits per heavy atom. The summed E-state index contributed by atoms with van der Waals surface area (Å²) in [6, 6.07) is 14.0. The van der Waals surface area contributed by atoms with Crippen LogP contribution in [0, 0.1) is 11.7 Å². The minimum atomic E-state index is -0.514. The molecule has 0 bridgehead atoms. The third-order valence-electron chi connectivity index (χ3n) is 8.62. The van der Waals surface area contributed by atoms with Crippen molar-refractivity contribution in [1.82, 2.24) is 14.7 Å². The summed E-state index contributed by atoms with van der Waals surface area (Å²) in [6.45, 7) is 4.34. The Morgan fingerprint density at radius 1 is 1.11 bits per heavy atom. The van der Waals surface area contributed by atoms with Crippen LogP contribution in [0.15, 0.2) is 54.9 Å². The molecule has 3 atom stereocenters. The van der Waals surface area contributed by atoms with E-state index in [0.717, 1.165) is 41.9 Å². The van der Waals surface area contributed by atoms with Gasteiger partial charge in [-0.25, -0.2) is 4.39 Å². The van der Waals surface area contributed by atoms with Gasteiger partial charge in [0.15, 0.2) is 0 Å². The molecule has 3 heterocycles. The fourth-order valence-electron chi connectivity index (χ4n) is 6.71. The lowest BCUT2D eigenvalue weighted by Crippen LogP contribution is -2.46. The minimum absolute atomic E-state index is 0.125. The molecule has 6 rings (SSSR count). The lowest BCUT2D eigenvalue weighted by Gasteiger charge is -2.37. The van der Waals surface area contributed by atoms with E-state index in [2.05, 4.69) is 23.0 Å². The van der Waals surface area contributed by atoms with E-state index in [1.165, 1.54) is 25.7 Å². The summed E-state index contributed by atoms with van der Waals surface area (Å²) in [5.74, 6) is 0.510. The number of anilines is 1. The number of halogens is 1. The molecule has 1 spiro atoms. The molecule has 2 aromatic carbocycles. The summed E-state index contributed by atoms with van der Waals surface area (Å²) >= 11 is 0. The van der Waals surface area contributed by atoms with Gasteiger partial charge in [-0.1, -0.05) is 50.1 Å². The third kappa shape index (κ3) is 3.70. The van der Waals surface area contributed by atoms with Gasteiger partial charge >= 0.3 is 0 Å². The normalized spacial score (nSPS) is 26.6. The average Bonchev–Trinajstić information content (AvgIpc) is 3.55. The Balaban J connectivity index is 1.28. The number of fused-ring (bicyclic) bond motifs is 2. The van der Waals surface area contributed by atoms with Gasteiger partial charge in [-0.2, -0.15) is 5.10 Å². The van der Waals surface area contributed by atoms with E-state index in [4.69, 9.17) is 0 Å². The Morgan fingerprint density at radius 2 is 1.94 bits per heavy atom. The minimum Gasteiger partial charge on any atom is -0.307 e. The molecule has 1 saturated carbocycles. The van der Waals surface area contributed by atoms with Crippen LogP contribution in [0.2, 0.25) is 0 Å². The second-order valence-electron chi connectivity index (χ2n) is 10.7. The number of hydrogen-bond donors (Lipinski definition) is 0. The van der Waals surface area contributed by atoms with E-state index in [-0.39, 0.29) is 18.3 Å². The number of carbonyl (C=O) groups is 1. The van der Waals surface area contributed by atoms with Crippen molar-refractivity contribution in [3.8, 4) is 11.1 Å². The van der Waals surface area contributed by atoms with E-state index >= 15 is 4.39 Å². The molecule has 2 aliphatic heterocycles. The van der Waals surface area contributed by atoms with Crippen LogP contribution in [0.3, 0.4) is 0 Å². The maximum absolute atomic E-state index is 15.2. The van der Waals surface area contributed by atoms with Crippen LogP contribution in [0.1, 0.15) is 50.2 Å². The SMILES string of the molecule is CC1CCCCC1N1CCC2(C1)C(=O)N(Cc1ccc(-c3cnn(C)c3)cc1F)c1ccccc12. The molecule has 0 radical (unpaired) electrons. The van der Waals surface area contributed by atoms with E-state index in [9.17, 15) is 4.79 Å². The highest BCUT2D eigenvalue weighted by atomic mass is 19.1. The van der Waals surface area contributed by atoms with Gasteiger partial charge in [-0.05, 0) is 55.0 Å². The van der Waals surface area contributed by atoms with Crippen LogP contribution in [-0.2, 0) is 23.8 Å². The van der Waals surface area contributed by atoms with Crippen LogP contribution >= 0.6 is 0 Å². The summed E-state index contributed by atoms with van der Waals surface area (Å²) in [5.41, 5.74) is 3.74. The Hall–Kier alpha value is -2.99. The van der Waals surface area contributed by atoms with Gasteiger partial charge in [0.25, 0.3) is 0 Å². The second kappa shape index (κ2) is 8.59. The summed E-state index contributed by atoms with van der Waals surface area (Å²) < 4.78 is 17.0. The van der Waals surface area contributed by atoms with Crippen molar-refractivity contribution in [1.29, 1.82) is 0 Å². The molecule has 1 aromatic heterocycles. The second-order valence-corrected chi connectivity index (χ2v) is 10.7. The highest BCUT2D eigenvalue weighted by molar-refractivity contribution is 6.08. The zero-order valence-corrected chi connectivity index (χ0v) is 20.6. The van der Waals surface area contributed by atoms with Gasteiger partial charge in [0, 0.05) is 42.6 Å². The standard InChI is InChI=1S/C29H33FN4O/c1-20-7-3-5-9-26(20)33-14-13-29(19-33)24-8-4-6-10-27(24)34(28(29)35)18-22-12-11-21(15-25(22)30)23-16-31-32(2)17-23/h4,6,8,10-12,15-17,20,26H,3,5,7,9,13-14,18-19H2,1-2H3. The molecule has 2 fully saturated rings. The molecule has 3 aliphatic rings. The number of rotatable bonds is 4. The van der Waals surface area contributed by atoms with Crippen LogP contribution in [0.25, 0.3) is 11.1 Å². The molecule has 5 nitrogen and oxygen atoms in total. The Bertz CT molecular complexity index is 1270. The number of para-hydroxylation sites is 1. The highest BCUT2D eigenvalue weighted by Crippen LogP contribution is 2.49. The van der Waals surface area contributed by atoms with Gasteiger partial charge < -0.3 is 4.90 Å². The quantitative estimate of drug-likeness (QED) is 0.518. The molecular weight excluding hydrogens is 439 g/mol. The average molecular weight is 473 g/mol. The monoisotopic (exact) mass is 472 g/mol. The topological polar surface area (TPSA) is 41.4 Å². The highest BCUT2D eigenvalue weighted by Gasteiger charge is 2.55. The van der Waals surface area contributed by atoms with Crippen molar-refractivity contribution in [3.63, 3.8) is 0 Å². The number of aryl methyl sites for hydroxylation is 1. The molecule has 0 N–H and O–H groups in total. The number of carbonyl (C=O) groups excluding carboxylic acids is 1. The maximum atomic E-state index is 15.2. The fraction of sp³-hybridized carbons (Fsp3) is 0.448. The first-order chi connectivity index (χ1) is 17.0. The molecular formula is C29H33FN4O. The summed E-state index contributed by atoms with van der Waals surface area (Å²) in [4.78, 5) is 18.5. The van der Waals surface area contributed by atoms with E-state index < -0.39 is 5.41 Å². The molecule has 35 heavy (non-hydrogen) atoms. The number of nitrogens with zero attached hydrogens (tertiary/aromatic N) is 4. The fourth-order valence-corrected chi connectivity index (χ4v) is 6.71. The van der Waals surface area contributed by atoms with Gasteiger partial charge in [-0.15, -0.1) is 0 Å². The largest absolute Gasteiger partial charge is 0.307 e. The first-order valence-electron chi connectivity index (χ1n) is 12.9. The zero-order valence-electron chi connectivity index (χ0n) is 20.6. The van der Waals surface area contributed by atoms with Crippen molar-refractivity contribution < 1.29 is 9.18 Å². The molecule has 1 saturated heterocycles. The maximum Gasteiger partial charge on any atom is 0.239 e. The predicted molar refractivity (Wildman–Crippen MR) is 136 cm³/mol. The Kier molecular flexibility index (Phi) is 5.52. The number of benzene rings is 2. The van der Waals surface area contributed by atoms with Crippen LogP contribution in [0.4, 0.5) is 10.1 Å². The van der Waals surface area contributed by atoms with E-state index in [1.54, 1.807) is 16.9 Å². The van der Waals surface area contributed by atoms with Crippen molar-refractivity contribution in [2.24, 2.45) is 13.0 Å². The molecule has 1 aliphatic carbocycles. The number of likely N-dealkylation sites (tertiary alicyclic amines) is 1. The van der Waals surface area contributed by atoms with Crippen molar-refractivity contribution in [2.45, 2.75) is 57.0 Å². The summed E-state index contributed by atoms with van der Waals surface area (Å²) in [6.07, 6.45) is 9.55. The summed E-state index contributed by atoms with van der Waals surface area (Å²) in [7, 11) is 1.85. The lowest BCUT2D eigenvalue weighted by molar-refractivity contribution is -0.123. The number of hydrogen-bond acceptors (Lipinski definition) is 3. The first kappa shape index (κ1) is 22.5. The molecule has 1 amide bonds. The van der Waals surface area contributed by atoms with Crippen molar-refractivity contribution in [2.75, 3.05) is 18.0 Å². The molecule has 3 aromatic rings. The summed E-state index contributed by atoms with van der Waals surface area (Å²) in [5, 5.41) is 4.19. The molecule has 3 unspecified atom stereocenters. The molecule has 6 heteroatoms. The van der Waals surface area contributed by atoms with E-state index in [1.807, 2.05) is 48.5 Å². The van der Waals surface area contributed by atoms with Crippen LogP contribution in [-0.4, -0.2) is 39.7 Å². The number of amides is 1. The smallest absolute Gasteiger partial charge is 0.239 e. The Labute approximate surface area is 206 Å². The van der Waals surface area contributed by atoms with Gasteiger partial charge in [0.05, 0.1) is 18.2 Å². The molecule has 182 valence electrons. The number of aromatic nitrogens is 2.